The summed E-state index contributed by atoms with van der Waals surface area (Å²) in [6.07, 6.45) is -2.88. The number of hydrogen-bond acceptors (Lipinski definition) is 3. The second kappa shape index (κ2) is 7.73. The summed E-state index contributed by atoms with van der Waals surface area (Å²) in [5.74, 6) is -2.32. The number of carbonyl (C=O) groups is 1. The van der Waals surface area contributed by atoms with Crippen molar-refractivity contribution in [3.8, 4) is 5.75 Å². The zero-order valence-corrected chi connectivity index (χ0v) is 14.8. The molecule has 9 heteroatoms. The standard InChI is InChI=1S/C19H17F5N2O2/c1-10(17-5-3-12(8-25-17)28-9-19(22,23)24)26-18(27)15-7-13(15)14-6-11(20)2-4-16(14)21/h2-6,8,10,13,15H,7,9H2,1H3,(H,26,27)/t10?,13-,15+/m0/s1. The largest absolute Gasteiger partial charge is 0.483 e. The van der Waals surface area contributed by atoms with Crippen LogP contribution in [0.25, 0.3) is 0 Å². The van der Waals surface area contributed by atoms with Crippen molar-refractivity contribution in [3.05, 3.63) is 59.4 Å². The lowest BCUT2D eigenvalue weighted by Crippen LogP contribution is -2.29. The van der Waals surface area contributed by atoms with Gasteiger partial charge in [-0.05, 0) is 55.2 Å². The number of halogens is 5. The molecule has 28 heavy (non-hydrogen) atoms. The van der Waals surface area contributed by atoms with Crippen LogP contribution in [0.5, 0.6) is 5.75 Å². The second-order valence-corrected chi connectivity index (χ2v) is 6.67. The van der Waals surface area contributed by atoms with E-state index < -0.39 is 36.4 Å². The molecular weight excluding hydrogens is 383 g/mol. The van der Waals surface area contributed by atoms with E-state index in [0.29, 0.717) is 12.1 Å². The Morgan fingerprint density at radius 2 is 2.04 bits per heavy atom. The normalized spacial score (nSPS) is 19.8. The van der Waals surface area contributed by atoms with Gasteiger partial charge in [-0.15, -0.1) is 0 Å². The van der Waals surface area contributed by atoms with Crippen LogP contribution >= 0.6 is 0 Å². The molecule has 1 heterocycles. The first-order valence-corrected chi connectivity index (χ1v) is 8.55. The van der Waals surface area contributed by atoms with Crippen molar-refractivity contribution in [1.82, 2.24) is 10.3 Å². The third-order valence-electron chi connectivity index (χ3n) is 4.45. The number of rotatable bonds is 6. The maximum atomic E-state index is 13.8. The molecule has 3 atom stereocenters. The van der Waals surface area contributed by atoms with Crippen LogP contribution in [0.4, 0.5) is 22.0 Å². The smallest absolute Gasteiger partial charge is 0.422 e. The Kier molecular flexibility index (Phi) is 5.53. The number of benzene rings is 1. The Morgan fingerprint density at radius 3 is 2.68 bits per heavy atom. The lowest BCUT2D eigenvalue weighted by molar-refractivity contribution is -0.153. The molecule has 1 aliphatic rings. The van der Waals surface area contributed by atoms with Crippen LogP contribution in [0.2, 0.25) is 0 Å². The monoisotopic (exact) mass is 400 g/mol. The Hall–Kier alpha value is -2.71. The number of nitrogens with one attached hydrogen (secondary N) is 1. The summed E-state index contributed by atoms with van der Waals surface area (Å²) in [6, 6.07) is 5.42. The van der Waals surface area contributed by atoms with Gasteiger partial charge in [0.1, 0.15) is 17.4 Å². The van der Waals surface area contributed by atoms with Gasteiger partial charge >= 0.3 is 6.18 Å². The molecular formula is C19H17F5N2O2. The number of amides is 1. The van der Waals surface area contributed by atoms with Crippen LogP contribution in [0, 0.1) is 17.6 Å². The Balaban J connectivity index is 1.55. The third kappa shape index (κ3) is 4.96. The van der Waals surface area contributed by atoms with Gasteiger partial charge in [-0.1, -0.05) is 0 Å². The van der Waals surface area contributed by atoms with E-state index in [-0.39, 0.29) is 23.1 Å². The lowest BCUT2D eigenvalue weighted by Gasteiger charge is -2.14. The van der Waals surface area contributed by atoms with E-state index in [1.165, 1.54) is 12.1 Å². The molecule has 4 nitrogen and oxygen atoms in total. The van der Waals surface area contributed by atoms with Gasteiger partial charge in [-0.3, -0.25) is 9.78 Å². The summed E-state index contributed by atoms with van der Waals surface area (Å²) < 4.78 is 68.1. The van der Waals surface area contributed by atoms with Crippen LogP contribution in [-0.2, 0) is 4.79 Å². The summed E-state index contributed by atoms with van der Waals surface area (Å²) in [4.78, 5) is 16.3. The van der Waals surface area contributed by atoms with Gasteiger partial charge in [0.05, 0.1) is 17.9 Å². The quantitative estimate of drug-likeness (QED) is 0.737. The SMILES string of the molecule is CC(NC(=O)[C@@H]1C[C@H]1c1cc(F)ccc1F)c1ccc(OCC(F)(F)F)cn1. The van der Waals surface area contributed by atoms with Crippen LogP contribution in [0.1, 0.15) is 36.6 Å². The van der Waals surface area contributed by atoms with Gasteiger partial charge in [0.25, 0.3) is 0 Å². The lowest BCUT2D eigenvalue weighted by atomic mass is 10.1. The van der Waals surface area contributed by atoms with Crippen molar-refractivity contribution in [2.75, 3.05) is 6.61 Å². The highest BCUT2D eigenvalue weighted by Crippen LogP contribution is 2.48. The fourth-order valence-electron chi connectivity index (χ4n) is 2.92. The van der Waals surface area contributed by atoms with Gasteiger partial charge in [0, 0.05) is 5.92 Å². The molecule has 150 valence electrons. The molecule has 1 aromatic heterocycles. The highest BCUT2D eigenvalue weighted by molar-refractivity contribution is 5.83. The van der Waals surface area contributed by atoms with Crippen molar-refractivity contribution in [2.24, 2.45) is 5.92 Å². The average molecular weight is 400 g/mol. The molecule has 1 aliphatic carbocycles. The molecule has 0 bridgehead atoms. The van der Waals surface area contributed by atoms with Crippen molar-refractivity contribution in [1.29, 1.82) is 0 Å². The number of aromatic nitrogens is 1. The van der Waals surface area contributed by atoms with E-state index in [1.807, 2.05) is 0 Å². The Labute approximate surface area is 157 Å². The summed E-state index contributed by atoms with van der Waals surface area (Å²) in [7, 11) is 0. The molecule has 1 amide bonds. The second-order valence-electron chi connectivity index (χ2n) is 6.67. The van der Waals surface area contributed by atoms with E-state index in [9.17, 15) is 26.7 Å². The van der Waals surface area contributed by atoms with Crippen molar-refractivity contribution < 1.29 is 31.5 Å². The molecule has 0 aliphatic heterocycles. The minimum atomic E-state index is -4.44. The molecule has 1 saturated carbocycles. The van der Waals surface area contributed by atoms with E-state index in [0.717, 1.165) is 24.4 Å². The fraction of sp³-hybridized carbons (Fsp3) is 0.368. The number of alkyl halides is 3. The molecule has 0 saturated heterocycles. The molecule has 0 radical (unpaired) electrons. The van der Waals surface area contributed by atoms with E-state index in [1.54, 1.807) is 6.92 Å². The number of ether oxygens (including phenoxy) is 1. The highest BCUT2D eigenvalue weighted by Gasteiger charge is 2.45. The number of carbonyl (C=O) groups excluding carboxylic acids is 1. The number of nitrogens with zero attached hydrogens (tertiary/aromatic N) is 1. The molecule has 1 unspecified atom stereocenters. The summed E-state index contributed by atoms with van der Waals surface area (Å²) in [5, 5.41) is 2.73. The highest BCUT2D eigenvalue weighted by atomic mass is 19.4. The Bertz CT molecular complexity index is 854. The first-order valence-electron chi connectivity index (χ1n) is 8.55. The van der Waals surface area contributed by atoms with E-state index in [4.69, 9.17) is 0 Å². The number of pyridine rings is 1. The average Bonchev–Trinajstić information content (AvgIpc) is 3.42. The summed E-state index contributed by atoms with van der Waals surface area (Å²) in [6.45, 7) is 0.247. The zero-order valence-electron chi connectivity index (χ0n) is 14.8. The van der Waals surface area contributed by atoms with E-state index >= 15 is 0 Å². The first kappa shape index (κ1) is 20.0. The minimum absolute atomic E-state index is 0.0385. The van der Waals surface area contributed by atoms with Crippen LogP contribution < -0.4 is 10.1 Å². The fourth-order valence-corrected chi connectivity index (χ4v) is 2.92. The zero-order chi connectivity index (χ0) is 20.5. The van der Waals surface area contributed by atoms with Gasteiger partial charge in [0.15, 0.2) is 6.61 Å². The summed E-state index contributed by atoms with van der Waals surface area (Å²) in [5.41, 5.74) is 0.610. The maximum Gasteiger partial charge on any atom is 0.422 e. The molecule has 0 spiro atoms. The number of hydrogen-bond donors (Lipinski definition) is 1. The van der Waals surface area contributed by atoms with Gasteiger partial charge in [-0.2, -0.15) is 13.2 Å². The van der Waals surface area contributed by atoms with Crippen LogP contribution in [0.3, 0.4) is 0 Å². The third-order valence-corrected chi connectivity index (χ3v) is 4.45. The minimum Gasteiger partial charge on any atom is -0.483 e. The van der Waals surface area contributed by atoms with Crippen molar-refractivity contribution in [2.45, 2.75) is 31.5 Å². The molecule has 1 N–H and O–H groups in total. The molecule has 1 aromatic carbocycles. The van der Waals surface area contributed by atoms with Crippen LogP contribution in [0.15, 0.2) is 36.5 Å². The predicted molar refractivity (Wildman–Crippen MR) is 89.6 cm³/mol. The molecule has 3 rings (SSSR count). The van der Waals surface area contributed by atoms with Gasteiger partial charge in [0.2, 0.25) is 5.91 Å². The van der Waals surface area contributed by atoms with Crippen molar-refractivity contribution >= 4 is 5.91 Å². The first-order chi connectivity index (χ1) is 13.1. The van der Waals surface area contributed by atoms with Gasteiger partial charge < -0.3 is 10.1 Å². The maximum absolute atomic E-state index is 13.8. The topological polar surface area (TPSA) is 51.2 Å². The Morgan fingerprint density at radius 1 is 1.29 bits per heavy atom. The van der Waals surface area contributed by atoms with Gasteiger partial charge in [-0.25, -0.2) is 8.78 Å². The molecule has 2 aromatic rings. The van der Waals surface area contributed by atoms with Crippen LogP contribution in [-0.4, -0.2) is 23.7 Å². The summed E-state index contributed by atoms with van der Waals surface area (Å²) >= 11 is 0. The molecule has 1 fully saturated rings. The van der Waals surface area contributed by atoms with Crippen molar-refractivity contribution in [3.63, 3.8) is 0 Å². The predicted octanol–water partition coefficient (Wildman–Crippen LogP) is 4.28. The van der Waals surface area contributed by atoms with E-state index in [2.05, 4.69) is 15.0 Å².